The van der Waals surface area contributed by atoms with Crippen LogP contribution in [-0.4, -0.2) is 21.8 Å². The zero-order valence-corrected chi connectivity index (χ0v) is 15.5. The first-order chi connectivity index (χ1) is 13.5. The number of ether oxygens (including phenoxy) is 1. The maximum absolute atomic E-state index is 12.4. The Morgan fingerprint density at radius 3 is 2.36 bits per heavy atom. The molecular formula is C21H20N4O3. The van der Waals surface area contributed by atoms with Crippen molar-refractivity contribution in [2.24, 2.45) is 0 Å². The summed E-state index contributed by atoms with van der Waals surface area (Å²) in [7, 11) is 0. The van der Waals surface area contributed by atoms with Gasteiger partial charge >= 0.3 is 0 Å². The standard InChI is InChI=1S/C21H20N4O3/c1-14(16-6-4-3-5-7-16)21(27)25-17-8-10-18(11-9-17)28-20-12-19(22-13-23-20)24-15(2)26/h3-14H,1-2H3,(H,25,27)(H,22,23,24,26). The van der Waals surface area contributed by atoms with Crippen molar-refractivity contribution in [1.82, 2.24) is 9.97 Å². The molecule has 7 heteroatoms. The van der Waals surface area contributed by atoms with Crippen LogP contribution in [0.5, 0.6) is 11.6 Å². The van der Waals surface area contributed by atoms with E-state index in [1.54, 1.807) is 24.3 Å². The lowest BCUT2D eigenvalue weighted by Gasteiger charge is -2.13. The highest BCUT2D eigenvalue weighted by Crippen LogP contribution is 2.23. The average Bonchev–Trinajstić information content (AvgIpc) is 2.69. The molecular weight excluding hydrogens is 356 g/mol. The first-order valence-electron chi connectivity index (χ1n) is 8.74. The molecule has 0 spiro atoms. The van der Waals surface area contributed by atoms with Crippen LogP contribution in [0.3, 0.4) is 0 Å². The Bertz CT molecular complexity index is 959. The highest BCUT2D eigenvalue weighted by atomic mass is 16.5. The van der Waals surface area contributed by atoms with E-state index in [1.807, 2.05) is 37.3 Å². The second-order valence-corrected chi connectivity index (χ2v) is 6.17. The quantitative estimate of drug-likeness (QED) is 0.679. The first kappa shape index (κ1) is 19.0. The SMILES string of the molecule is CC(=O)Nc1cc(Oc2ccc(NC(=O)C(C)c3ccccc3)cc2)ncn1. The number of hydrogen-bond acceptors (Lipinski definition) is 5. The van der Waals surface area contributed by atoms with Gasteiger partial charge in [-0.25, -0.2) is 9.97 Å². The van der Waals surface area contributed by atoms with Crippen molar-refractivity contribution in [3.63, 3.8) is 0 Å². The second-order valence-electron chi connectivity index (χ2n) is 6.17. The number of amides is 2. The highest BCUT2D eigenvalue weighted by molar-refractivity contribution is 5.95. The summed E-state index contributed by atoms with van der Waals surface area (Å²) < 4.78 is 5.66. The summed E-state index contributed by atoms with van der Waals surface area (Å²) in [6.45, 7) is 3.26. The molecule has 1 atom stereocenters. The van der Waals surface area contributed by atoms with Crippen LogP contribution in [0.1, 0.15) is 25.3 Å². The fourth-order valence-corrected chi connectivity index (χ4v) is 2.51. The van der Waals surface area contributed by atoms with E-state index in [2.05, 4.69) is 20.6 Å². The minimum Gasteiger partial charge on any atom is -0.439 e. The number of rotatable bonds is 6. The van der Waals surface area contributed by atoms with Gasteiger partial charge in [-0.2, -0.15) is 0 Å². The van der Waals surface area contributed by atoms with Crippen LogP contribution in [0.4, 0.5) is 11.5 Å². The Balaban J connectivity index is 1.62. The van der Waals surface area contributed by atoms with E-state index in [-0.39, 0.29) is 17.7 Å². The highest BCUT2D eigenvalue weighted by Gasteiger charge is 2.15. The van der Waals surface area contributed by atoms with Gasteiger partial charge in [0, 0.05) is 18.7 Å². The molecule has 1 unspecified atom stereocenters. The summed E-state index contributed by atoms with van der Waals surface area (Å²) in [5, 5.41) is 5.46. The van der Waals surface area contributed by atoms with Crippen molar-refractivity contribution >= 4 is 23.3 Å². The Hall–Kier alpha value is -3.74. The maximum atomic E-state index is 12.4. The predicted molar refractivity (Wildman–Crippen MR) is 106 cm³/mol. The van der Waals surface area contributed by atoms with Crippen molar-refractivity contribution in [3.05, 3.63) is 72.6 Å². The smallest absolute Gasteiger partial charge is 0.231 e. The fraction of sp³-hybridized carbons (Fsp3) is 0.143. The largest absolute Gasteiger partial charge is 0.439 e. The first-order valence-corrected chi connectivity index (χ1v) is 8.74. The summed E-state index contributed by atoms with van der Waals surface area (Å²) >= 11 is 0. The third kappa shape index (κ3) is 5.14. The van der Waals surface area contributed by atoms with E-state index in [0.29, 0.717) is 23.1 Å². The third-order valence-corrected chi connectivity index (χ3v) is 3.98. The van der Waals surface area contributed by atoms with E-state index in [9.17, 15) is 9.59 Å². The Labute approximate surface area is 162 Å². The molecule has 2 N–H and O–H groups in total. The van der Waals surface area contributed by atoms with Crippen LogP contribution in [-0.2, 0) is 9.59 Å². The van der Waals surface area contributed by atoms with Gasteiger partial charge in [0.05, 0.1) is 5.92 Å². The molecule has 28 heavy (non-hydrogen) atoms. The van der Waals surface area contributed by atoms with Crippen LogP contribution < -0.4 is 15.4 Å². The van der Waals surface area contributed by atoms with E-state index in [0.717, 1.165) is 5.56 Å². The van der Waals surface area contributed by atoms with Crippen molar-refractivity contribution in [3.8, 4) is 11.6 Å². The van der Waals surface area contributed by atoms with Gasteiger partial charge in [0.1, 0.15) is 17.9 Å². The van der Waals surface area contributed by atoms with E-state index in [1.165, 1.54) is 19.3 Å². The summed E-state index contributed by atoms with van der Waals surface area (Å²) in [4.78, 5) is 31.5. The molecule has 0 bridgehead atoms. The van der Waals surface area contributed by atoms with Crippen molar-refractivity contribution < 1.29 is 14.3 Å². The van der Waals surface area contributed by atoms with Gasteiger partial charge in [0.15, 0.2) is 0 Å². The summed E-state index contributed by atoms with van der Waals surface area (Å²) in [6, 6.07) is 18.1. The summed E-state index contributed by atoms with van der Waals surface area (Å²) in [6.07, 6.45) is 1.31. The number of nitrogens with zero attached hydrogens (tertiary/aromatic N) is 2. The molecule has 3 aromatic rings. The lowest BCUT2D eigenvalue weighted by atomic mass is 10.0. The van der Waals surface area contributed by atoms with Crippen molar-refractivity contribution in [2.45, 2.75) is 19.8 Å². The molecule has 3 rings (SSSR count). The van der Waals surface area contributed by atoms with Crippen molar-refractivity contribution in [1.29, 1.82) is 0 Å². The molecule has 142 valence electrons. The predicted octanol–water partition coefficient (Wildman–Crippen LogP) is 3.97. The zero-order valence-electron chi connectivity index (χ0n) is 15.5. The number of carbonyl (C=O) groups excluding carboxylic acids is 2. The number of aromatic nitrogens is 2. The molecule has 7 nitrogen and oxygen atoms in total. The van der Waals surface area contributed by atoms with Crippen LogP contribution in [0.15, 0.2) is 67.0 Å². The second kappa shape index (κ2) is 8.77. The summed E-state index contributed by atoms with van der Waals surface area (Å²) in [5.41, 5.74) is 1.63. The number of benzene rings is 2. The van der Waals surface area contributed by atoms with Gasteiger partial charge in [0.25, 0.3) is 0 Å². The van der Waals surface area contributed by atoms with Gasteiger partial charge in [-0.1, -0.05) is 30.3 Å². The molecule has 2 aromatic carbocycles. The zero-order chi connectivity index (χ0) is 19.9. The van der Waals surface area contributed by atoms with E-state index in [4.69, 9.17) is 4.74 Å². The number of hydrogen-bond donors (Lipinski definition) is 2. The number of carbonyl (C=O) groups is 2. The van der Waals surface area contributed by atoms with Gasteiger partial charge in [-0.05, 0) is 36.8 Å². The number of nitrogens with one attached hydrogen (secondary N) is 2. The van der Waals surface area contributed by atoms with Gasteiger partial charge in [-0.15, -0.1) is 0 Å². The molecule has 0 radical (unpaired) electrons. The lowest BCUT2D eigenvalue weighted by Crippen LogP contribution is -2.18. The lowest BCUT2D eigenvalue weighted by molar-refractivity contribution is -0.117. The van der Waals surface area contributed by atoms with Crippen molar-refractivity contribution in [2.75, 3.05) is 10.6 Å². The topological polar surface area (TPSA) is 93.2 Å². The van der Waals surface area contributed by atoms with Crippen LogP contribution in [0, 0.1) is 0 Å². The molecule has 0 aliphatic heterocycles. The van der Waals surface area contributed by atoms with Gasteiger partial charge < -0.3 is 15.4 Å². The normalized spacial score (nSPS) is 11.4. The molecule has 0 aliphatic rings. The van der Waals surface area contributed by atoms with E-state index < -0.39 is 0 Å². The minimum absolute atomic E-state index is 0.0874. The van der Waals surface area contributed by atoms with Crippen LogP contribution in [0.25, 0.3) is 0 Å². The fourth-order valence-electron chi connectivity index (χ4n) is 2.51. The van der Waals surface area contributed by atoms with Gasteiger partial charge in [0.2, 0.25) is 17.7 Å². The Morgan fingerprint density at radius 2 is 1.68 bits per heavy atom. The summed E-state index contributed by atoms with van der Waals surface area (Å²) in [5.74, 6) is 0.626. The molecule has 1 heterocycles. The molecule has 2 amide bonds. The van der Waals surface area contributed by atoms with Gasteiger partial charge in [-0.3, -0.25) is 9.59 Å². The van der Waals surface area contributed by atoms with Crippen LogP contribution in [0.2, 0.25) is 0 Å². The molecule has 0 fully saturated rings. The minimum atomic E-state index is -0.259. The molecule has 0 aliphatic carbocycles. The molecule has 0 saturated carbocycles. The maximum Gasteiger partial charge on any atom is 0.231 e. The average molecular weight is 376 g/mol. The Kier molecular flexibility index (Phi) is 5.96. The van der Waals surface area contributed by atoms with Crippen LogP contribution >= 0.6 is 0 Å². The van der Waals surface area contributed by atoms with E-state index >= 15 is 0 Å². The number of anilines is 2. The Morgan fingerprint density at radius 1 is 0.964 bits per heavy atom. The molecule has 0 saturated heterocycles. The monoisotopic (exact) mass is 376 g/mol. The third-order valence-electron chi connectivity index (χ3n) is 3.98. The molecule has 1 aromatic heterocycles.